The molecule has 2 heterocycles. The molecular weight excluding hydrogens is 252 g/mol. The molecule has 3 rings (SSSR count). The first-order valence-corrected chi connectivity index (χ1v) is 6.33. The summed E-state index contributed by atoms with van der Waals surface area (Å²) in [5.74, 6) is -0.188. The van der Waals surface area contributed by atoms with Crippen LogP contribution in [0.5, 0.6) is 0 Å². The van der Waals surface area contributed by atoms with Crippen LogP contribution in [0, 0.1) is 13.8 Å². The number of benzene rings is 1. The van der Waals surface area contributed by atoms with Crippen LogP contribution in [0.4, 0.5) is 5.69 Å². The summed E-state index contributed by atoms with van der Waals surface area (Å²) in [6.07, 6.45) is 1.52. The van der Waals surface area contributed by atoms with Crippen molar-refractivity contribution >= 4 is 22.5 Å². The van der Waals surface area contributed by atoms with Gasteiger partial charge in [0.15, 0.2) is 0 Å². The summed E-state index contributed by atoms with van der Waals surface area (Å²) in [4.78, 5) is 16.7. The summed E-state index contributed by atoms with van der Waals surface area (Å²) in [6.45, 7) is 3.74. The van der Waals surface area contributed by atoms with E-state index in [1.54, 1.807) is 0 Å². The Balaban J connectivity index is 2.01. The van der Waals surface area contributed by atoms with Crippen molar-refractivity contribution in [2.24, 2.45) is 0 Å². The minimum Gasteiger partial charge on any atom is -0.320 e. The lowest BCUT2D eigenvalue weighted by Gasteiger charge is -2.08. The summed E-state index contributed by atoms with van der Waals surface area (Å²) >= 11 is 0. The van der Waals surface area contributed by atoms with E-state index in [2.05, 4.69) is 20.5 Å². The number of fused-ring (bicyclic) bond motifs is 1. The molecule has 0 radical (unpaired) electrons. The van der Waals surface area contributed by atoms with Crippen molar-refractivity contribution in [1.29, 1.82) is 0 Å². The van der Waals surface area contributed by atoms with Gasteiger partial charge in [-0.15, -0.1) is 0 Å². The lowest BCUT2D eigenvalue weighted by atomic mass is 10.1. The number of H-pyrrole nitrogens is 1. The molecule has 20 heavy (non-hydrogen) atoms. The number of aromatic nitrogens is 3. The van der Waals surface area contributed by atoms with Crippen molar-refractivity contribution in [3.05, 3.63) is 53.5 Å². The topological polar surface area (TPSA) is 70.7 Å². The predicted octanol–water partition coefficient (Wildman–Crippen LogP) is 2.83. The van der Waals surface area contributed by atoms with Gasteiger partial charge >= 0.3 is 0 Å². The van der Waals surface area contributed by atoms with E-state index in [-0.39, 0.29) is 5.91 Å². The molecule has 100 valence electrons. The number of nitrogens with one attached hydrogen (secondary N) is 2. The fourth-order valence-corrected chi connectivity index (χ4v) is 2.11. The average molecular weight is 266 g/mol. The number of hydrogen-bond donors (Lipinski definition) is 2. The highest BCUT2D eigenvalue weighted by molar-refractivity contribution is 6.08. The monoisotopic (exact) mass is 266 g/mol. The van der Waals surface area contributed by atoms with Crippen LogP contribution >= 0.6 is 0 Å². The molecule has 0 atom stereocenters. The Morgan fingerprint density at radius 3 is 2.80 bits per heavy atom. The van der Waals surface area contributed by atoms with Gasteiger partial charge in [-0.3, -0.25) is 14.9 Å². The number of hydrogen-bond acceptors (Lipinski definition) is 3. The van der Waals surface area contributed by atoms with Crippen molar-refractivity contribution in [2.75, 3.05) is 5.32 Å². The third-order valence-corrected chi connectivity index (χ3v) is 3.18. The average Bonchev–Trinajstić information content (AvgIpc) is 2.86. The van der Waals surface area contributed by atoms with E-state index in [0.29, 0.717) is 11.3 Å². The Morgan fingerprint density at radius 1 is 1.20 bits per heavy atom. The first-order valence-electron chi connectivity index (χ1n) is 6.33. The molecule has 3 aromatic rings. The molecule has 2 N–H and O–H groups in total. The van der Waals surface area contributed by atoms with Crippen LogP contribution in [-0.2, 0) is 0 Å². The zero-order chi connectivity index (χ0) is 14.1. The van der Waals surface area contributed by atoms with E-state index in [1.807, 2.05) is 44.2 Å². The number of rotatable bonds is 2. The lowest BCUT2D eigenvalue weighted by molar-refractivity contribution is 0.102. The molecule has 0 aliphatic heterocycles. The van der Waals surface area contributed by atoms with E-state index in [0.717, 1.165) is 22.3 Å². The minimum absolute atomic E-state index is 0.188. The maximum Gasteiger partial charge on any atom is 0.259 e. The third-order valence-electron chi connectivity index (χ3n) is 3.18. The van der Waals surface area contributed by atoms with E-state index >= 15 is 0 Å². The zero-order valence-corrected chi connectivity index (χ0v) is 11.3. The summed E-state index contributed by atoms with van der Waals surface area (Å²) in [7, 11) is 0. The highest BCUT2D eigenvalue weighted by Gasteiger charge is 2.12. The van der Waals surface area contributed by atoms with Gasteiger partial charge in [0.25, 0.3) is 5.91 Å². The van der Waals surface area contributed by atoms with Gasteiger partial charge < -0.3 is 5.32 Å². The van der Waals surface area contributed by atoms with Gasteiger partial charge in [0.1, 0.15) is 0 Å². The van der Waals surface area contributed by atoms with Gasteiger partial charge in [0.2, 0.25) is 0 Å². The summed E-state index contributed by atoms with van der Waals surface area (Å²) in [6, 6.07) is 9.67. The fourth-order valence-electron chi connectivity index (χ4n) is 2.11. The van der Waals surface area contributed by atoms with E-state index < -0.39 is 0 Å². The number of nitrogens with zero attached hydrogens (tertiary/aromatic N) is 2. The largest absolute Gasteiger partial charge is 0.320 e. The molecule has 2 aromatic heterocycles. The summed E-state index contributed by atoms with van der Waals surface area (Å²) in [5.41, 5.74) is 3.69. The number of pyridine rings is 1. The Labute approximate surface area is 116 Å². The van der Waals surface area contributed by atoms with Gasteiger partial charge in [0, 0.05) is 16.8 Å². The second-order valence-corrected chi connectivity index (χ2v) is 4.69. The van der Waals surface area contributed by atoms with E-state index in [4.69, 9.17) is 0 Å². The molecule has 5 heteroatoms. The van der Waals surface area contributed by atoms with Crippen LogP contribution in [0.3, 0.4) is 0 Å². The SMILES string of the molecule is Cc1ccc2cccc(NC(=O)c3cn[nH]c3C)c2n1. The molecule has 0 saturated heterocycles. The number of aromatic amines is 1. The Kier molecular flexibility index (Phi) is 2.95. The van der Waals surface area contributed by atoms with E-state index in [9.17, 15) is 4.79 Å². The number of para-hydroxylation sites is 1. The van der Waals surface area contributed by atoms with Crippen LogP contribution in [-0.4, -0.2) is 21.1 Å². The standard InChI is InChI=1S/C15H14N4O/c1-9-6-7-11-4-3-5-13(14(11)17-9)18-15(20)12-8-16-19-10(12)2/h3-8H,1-2H3,(H,16,19)(H,18,20). The normalized spacial score (nSPS) is 10.7. The maximum absolute atomic E-state index is 12.2. The molecule has 1 amide bonds. The minimum atomic E-state index is -0.188. The lowest BCUT2D eigenvalue weighted by Crippen LogP contribution is -2.12. The number of anilines is 1. The quantitative estimate of drug-likeness (QED) is 0.749. The molecule has 0 bridgehead atoms. The predicted molar refractivity (Wildman–Crippen MR) is 77.8 cm³/mol. The van der Waals surface area contributed by atoms with Gasteiger partial charge in [-0.05, 0) is 26.0 Å². The van der Waals surface area contributed by atoms with Crippen LogP contribution in [0.25, 0.3) is 10.9 Å². The molecule has 0 aliphatic carbocycles. The number of carbonyl (C=O) groups excluding carboxylic acids is 1. The van der Waals surface area contributed by atoms with Gasteiger partial charge in [0.05, 0.1) is 23.0 Å². The molecule has 0 saturated carbocycles. The summed E-state index contributed by atoms with van der Waals surface area (Å²) in [5, 5.41) is 10.5. The van der Waals surface area contributed by atoms with Gasteiger partial charge in [-0.1, -0.05) is 18.2 Å². The molecule has 0 unspecified atom stereocenters. The zero-order valence-electron chi connectivity index (χ0n) is 11.3. The van der Waals surface area contributed by atoms with Crippen LogP contribution in [0.15, 0.2) is 36.5 Å². The van der Waals surface area contributed by atoms with Crippen molar-refractivity contribution in [3.8, 4) is 0 Å². The molecular formula is C15H14N4O. The van der Waals surface area contributed by atoms with E-state index in [1.165, 1.54) is 6.20 Å². The second kappa shape index (κ2) is 4.77. The number of aryl methyl sites for hydroxylation is 2. The molecule has 0 aliphatic rings. The number of amides is 1. The maximum atomic E-state index is 12.2. The Bertz CT molecular complexity index is 791. The third kappa shape index (κ3) is 2.14. The second-order valence-electron chi connectivity index (χ2n) is 4.69. The summed E-state index contributed by atoms with van der Waals surface area (Å²) < 4.78 is 0. The molecule has 5 nitrogen and oxygen atoms in total. The Morgan fingerprint density at radius 2 is 2.05 bits per heavy atom. The fraction of sp³-hybridized carbons (Fsp3) is 0.133. The van der Waals surface area contributed by atoms with Crippen LogP contribution in [0.1, 0.15) is 21.7 Å². The van der Waals surface area contributed by atoms with Crippen molar-refractivity contribution < 1.29 is 4.79 Å². The Hall–Kier alpha value is -2.69. The van der Waals surface area contributed by atoms with Crippen LogP contribution < -0.4 is 5.32 Å². The van der Waals surface area contributed by atoms with Crippen molar-refractivity contribution in [3.63, 3.8) is 0 Å². The highest BCUT2D eigenvalue weighted by Crippen LogP contribution is 2.22. The molecule has 0 spiro atoms. The molecule has 1 aromatic carbocycles. The van der Waals surface area contributed by atoms with Gasteiger partial charge in [-0.25, -0.2) is 0 Å². The van der Waals surface area contributed by atoms with Crippen LogP contribution in [0.2, 0.25) is 0 Å². The van der Waals surface area contributed by atoms with Gasteiger partial charge in [-0.2, -0.15) is 5.10 Å². The molecule has 0 fully saturated rings. The smallest absolute Gasteiger partial charge is 0.259 e. The highest BCUT2D eigenvalue weighted by atomic mass is 16.1. The van der Waals surface area contributed by atoms with Crippen molar-refractivity contribution in [2.45, 2.75) is 13.8 Å². The first kappa shape index (κ1) is 12.3. The number of carbonyl (C=O) groups is 1. The van der Waals surface area contributed by atoms with Crippen molar-refractivity contribution in [1.82, 2.24) is 15.2 Å². The first-order chi connectivity index (χ1) is 9.65.